The fraction of sp³-hybridized carbons (Fsp3) is 1.00. The highest BCUT2D eigenvalue weighted by molar-refractivity contribution is 5.13. The maximum absolute atomic E-state index is 2.52. The predicted octanol–water partition coefficient (Wildman–Crippen LogP) is 5.13. The number of hydrogen-bond acceptors (Lipinski definition) is 0. The normalized spacial score (nSPS) is 48.6. The number of hydrogen-bond donors (Lipinski definition) is 0. The topological polar surface area (TPSA) is 0 Å². The summed E-state index contributed by atoms with van der Waals surface area (Å²) in [5.41, 5.74) is 0.760. The molecule has 0 bridgehead atoms. The van der Waals surface area contributed by atoms with Crippen molar-refractivity contribution in [3.8, 4) is 0 Å². The van der Waals surface area contributed by atoms with Gasteiger partial charge in [-0.1, -0.05) is 53.9 Å². The van der Waals surface area contributed by atoms with Crippen molar-refractivity contribution in [2.75, 3.05) is 0 Å². The first kappa shape index (κ1) is 12.5. The molecule has 0 saturated heterocycles. The lowest BCUT2D eigenvalue weighted by Crippen LogP contribution is -2.64. The third kappa shape index (κ3) is 1.41. The standard InChI is InChI=1S/C16H30/c1-6-8-14(7-2)15-10-13(5)16(15)11(3)9-12(16)4/h11-15H,6-10H2,1-5H3. The lowest BCUT2D eigenvalue weighted by Gasteiger charge is -2.70. The highest BCUT2D eigenvalue weighted by atomic mass is 14.7. The third-order valence-corrected chi connectivity index (χ3v) is 6.27. The van der Waals surface area contributed by atoms with Crippen LogP contribution in [-0.4, -0.2) is 0 Å². The highest BCUT2D eigenvalue weighted by Crippen LogP contribution is 2.71. The molecule has 1 spiro atoms. The molecule has 2 saturated carbocycles. The van der Waals surface area contributed by atoms with Gasteiger partial charge in [-0.25, -0.2) is 0 Å². The van der Waals surface area contributed by atoms with Crippen LogP contribution in [0, 0.1) is 35.0 Å². The molecule has 5 unspecified atom stereocenters. The molecule has 0 aromatic carbocycles. The Morgan fingerprint density at radius 3 is 1.94 bits per heavy atom. The van der Waals surface area contributed by atoms with Gasteiger partial charge in [0.25, 0.3) is 0 Å². The van der Waals surface area contributed by atoms with Gasteiger partial charge in [0, 0.05) is 0 Å². The minimum Gasteiger partial charge on any atom is -0.0654 e. The zero-order valence-electron chi connectivity index (χ0n) is 11.9. The summed E-state index contributed by atoms with van der Waals surface area (Å²) in [7, 11) is 0. The minimum absolute atomic E-state index is 0.760. The molecule has 2 aliphatic rings. The van der Waals surface area contributed by atoms with Gasteiger partial charge >= 0.3 is 0 Å². The Morgan fingerprint density at radius 2 is 1.56 bits per heavy atom. The van der Waals surface area contributed by atoms with Crippen molar-refractivity contribution in [2.45, 2.75) is 66.7 Å². The molecule has 94 valence electrons. The van der Waals surface area contributed by atoms with E-state index < -0.39 is 0 Å². The molecular weight excluding hydrogens is 192 g/mol. The van der Waals surface area contributed by atoms with E-state index in [0.29, 0.717) is 0 Å². The molecule has 0 heteroatoms. The van der Waals surface area contributed by atoms with Gasteiger partial charge in [0.1, 0.15) is 0 Å². The number of rotatable bonds is 4. The SMILES string of the molecule is CCCC(CC)C1CC(C)C12C(C)CC2C. The van der Waals surface area contributed by atoms with Crippen molar-refractivity contribution < 1.29 is 0 Å². The summed E-state index contributed by atoms with van der Waals surface area (Å²) in [5.74, 6) is 5.09. The second-order valence-electron chi connectivity index (χ2n) is 6.74. The molecule has 0 N–H and O–H groups in total. The molecule has 0 heterocycles. The smallest absolute Gasteiger partial charge is 0.0189 e. The van der Waals surface area contributed by atoms with E-state index in [1.54, 1.807) is 0 Å². The zero-order valence-corrected chi connectivity index (χ0v) is 11.9. The van der Waals surface area contributed by atoms with Gasteiger partial charge in [-0.05, 0) is 47.8 Å². The van der Waals surface area contributed by atoms with Gasteiger partial charge < -0.3 is 0 Å². The molecular formula is C16H30. The van der Waals surface area contributed by atoms with Crippen molar-refractivity contribution in [3.63, 3.8) is 0 Å². The molecule has 16 heavy (non-hydrogen) atoms. The van der Waals surface area contributed by atoms with E-state index in [9.17, 15) is 0 Å². The van der Waals surface area contributed by atoms with Crippen LogP contribution in [0.4, 0.5) is 0 Å². The van der Waals surface area contributed by atoms with E-state index in [4.69, 9.17) is 0 Å². The summed E-state index contributed by atoms with van der Waals surface area (Å²) < 4.78 is 0. The van der Waals surface area contributed by atoms with E-state index in [2.05, 4.69) is 34.6 Å². The third-order valence-electron chi connectivity index (χ3n) is 6.27. The first-order valence-electron chi connectivity index (χ1n) is 7.58. The second kappa shape index (κ2) is 4.35. The molecule has 0 radical (unpaired) electrons. The molecule has 2 fully saturated rings. The van der Waals surface area contributed by atoms with Gasteiger partial charge in [-0.15, -0.1) is 0 Å². The molecule has 0 aliphatic heterocycles. The van der Waals surface area contributed by atoms with Crippen LogP contribution in [0.2, 0.25) is 0 Å². The van der Waals surface area contributed by atoms with Crippen LogP contribution in [0.15, 0.2) is 0 Å². The summed E-state index contributed by atoms with van der Waals surface area (Å²) in [6.45, 7) is 12.3. The van der Waals surface area contributed by atoms with Crippen molar-refractivity contribution in [1.29, 1.82) is 0 Å². The molecule has 0 aromatic heterocycles. The van der Waals surface area contributed by atoms with E-state index in [0.717, 1.165) is 35.0 Å². The largest absolute Gasteiger partial charge is 0.0654 e. The van der Waals surface area contributed by atoms with E-state index in [-0.39, 0.29) is 0 Å². The van der Waals surface area contributed by atoms with Crippen LogP contribution in [0.5, 0.6) is 0 Å². The summed E-state index contributed by atoms with van der Waals surface area (Å²) >= 11 is 0. The van der Waals surface area contributed by atoms with Crippen LogP contribution in [0.3, 0.4) is 0 Å². The van der Waals surface area contributed by atoms with Crippen molar-refractivity contribution >= 4 is 0 Å². The zero-order chi connectivity index (χ0) is 11.9. The Morgan fingerprint density at radius 1 is 1.00 bits per heavy atom. The average Bonchev–Trinajstić information content (AvgIpc) is 2.22. The minimum atomic E-state index is 0.760. The van der Waals surface area contributed by atoms with Crippen LogP contribution in [0.1, 0.15) is 66.7 Å². The van der Waals surface area contributed by atoms with Crippen molar-refractivity contribution in [3.05, 3.63) is 0 Å². The highest BCUT2D eigenvalue weighted by Gasteiger charge is 2.64. The van der Waals surface area contributed by atoms with Gasteiger partial charge in [-0.2, -0.15) is 0 Å². The Hall–Kier alpha value is 0. The summed E-state index contributed by atoms with van der Waals surface area (Å²) in [4.78, 5) is 0. The molecule has 2 rings (SSSR count). The Balaban J connectivity index is 2.11. The van der Waals surface area contributed by atoms with Gasteiger partial charge in [0.2, 0.25) is 0 Å². The van der Waals surface area contributed by atoms with Gasteiger partial charge in [0.15, 0.2) is 0 Å². The van der Waals surface area contributed by atoms with E-state index >= 15 is 0 Å². The van der Waals surface area contributed by atoms with Crippen molar-refractivity contribution in [2.24, 2.45) is 35.0 Å². The lowest BCUT2D eigenvalue weighted by atomic mass is 9.34. The Kier molecular flexibility index (Phi) is 3.39. The molecule has 0 nitrogen and oxygen atoms in total. The monoisotopic (exact) mass is 222 g/mol. The summed E-state index contributed by atoms with van der Waals surface area (Å²) in [6, 6.07) is 0. The summed E-state index contributed by atoms with van der Waals surface area (Å²) in [5, 5.41) is 0. The van der Waals surface area contributed by atoms with Crippen LogP contribution >= 0.6 is 0 Å². The molecule has 0 aromatic rings. The fourth-order valence-corrected chi connectivity index (χ4v) is 5.62. The van der Waals surface area contributed by atoms with E-state index in [1.165, 1.54) is 32.1 Å². The summed E-state index contributed by atoms with van der Waals surface area (Å²) in [6.07, 6.45) is 7.26. The first-order valence-corrected chi connectivity index (χ1v) is 7.58. The van der Waals surface area contributed by atoms with Gasteiger partial charge in [-0.3, -0.25) is 0 Å². The van der Waals surface area contributed by atoms with E-state index in [1.807, 2.05) is 0 Å². The maximum Gasteiger partial charge on any atom is -0.0189 e. The van der Waals surface area contributed by atoms with Crippen molar-refractivity contribution in [1.82, 2.24) is 0 Å². The fourth-order valence-electron chi connectivity index (χ4n) is 5.62. The quantitative estimate of drug-likeness (QED) is 0.618. The van der Waals surface area contributed by atoms with Gasteiger partial charge in [0.05, 0.1) is 0 Å². The Bertz CT molecular complexity index is 226. The maximum atomic E-state index is 2.52. The molecule has 5 atom stereocenters. The van der Waals surface area contributed by atoms with Crippen LogP contribution in [-0.2, 0) is 0 Å². The first-order chi connectivity index (χ1) is 7.58. The molecule has 0 amide bonds. The lowest BCUT2D eigenvalue weighted by molar-refractivity contribution is -0.222. The van der Waals surface area contributed by atoms with Crippen LogP contribution in [0.25, 0.3) is 0 Å². The average molecular weight is 222 g/mol. The second-order valence-corrected chi connectivity index (χ2v) is 6.74. The Labute approximate surface area is 102 Å². The molecule has 2 aliphatic carbocycles. The van der Waals surface area contributed by atoms with Crippen LogP contribution < -0.4 is 0 Å². The predicted molar refractivity (Wildman–Crippen MR) is 71.3 cm³/mol.